The van der Waals surface area contributed by atoms with Gasteiger partial charge >= 0.3 is 0 Å². The molecule has 0 fully saturated rings. The van der Waals surface area contributed by atoms with Gasteiger partial charge < -0.3 is 16.4 Å². The predicted octanol–water partition coefficient (Wildman–Crippen LogP) is 3.22. The number of nitrogens with two attached hydrogens (primary N) is 1. The number of nitrogens with one attached hydrogen (secondary N) is 2. The molecule has 0 aromatic heterocycles. The predicted molar refractivity (Wildman–Crippen MR) is 103 cm³/mol. The minimum atomic E-state index is -0.132. The summed E-state index contributed by atoms with van der Waals surface area (Å²) in [6.07, 6.45) is 0. The number of carbonyl (C=O) groups excluding carboxylic acids is 1. The Labute approximate surface area is 150 Å². The molecule has 0 saturated carbocycles. The monoisotopic (exact) mass is 388 g/mol. The Balaban J connectivity index is 1.81. The van der Waals surface area contributed by atoms with E-state index in [2.05, 4.69) is 37.6 Å². The van der Waals surface area contributed by atoms with Crippen molar-refractivity contribution >= 4 is 33.5 Å². The highest BCUT2D eigenvalue weighted by atomic mass is 79.9. The van der Waals surface area contributed by atoms with E-state index in [1.54, 1.807) is 12.1 Å². The minimum Gasteiger partial charge on any atom is -0.370 e. The SMILES string of the molecule is Cc1cc(C)cc(NC(N)=NCCNC(=O)c2cccc(Br)c2)c1. The Hall–Kier alpha value is -2.34. The van der Waals surface area contributed by atoms with Crippen molar-refractivity contribution in [2.75, 3.05) is 18.4 Å². The van der Waals surface area contributed by atoms with Crippen LogP contribution in [-0.4, -0.2) is 25.0 Å². The largest absolute Gasteiger partial charge is 0.370 e. The van der Waals surface area contributed by atoms with Crippen LogP contribution in [0.3, 0.4) is 0 Å². The van der Waals surface area contributed by atoms with Crippen LogP contribution < -0.4 is 16.4 Å². The highest BCUT2D eigenvalue weighted by molar-refractivity contribution is 9.10. The lowest BCUT2D eigenvalue weighted by Gasteiger charge is -2.08. The molecule has 0 saturated heterocycles. The summed E-state index contributed by atoms with van der Waals surface area (Å²) < 4.78 is 0.870. The van der Waals surface area contributed by atoms with Gasteiger partial charge in [-0.3, -0.25) is 9.79 Å². The summed E-state index contributed by atoms with van der Waals surface area (Å²) in [5.41, 5.74) is 9.71. The zero-order valence-corrected chi connectivity index (χ0v) is 15.4. The molecule has 24 heavy (non-hydrogen) atoms. The van der Waals surface area contributed by atoms with E-state index in [0.29, 0.717) is 24.6 Å². The van der Waals surface area contributed by atoms with Crippen molar-refractivity contribution in [1.82, 2.24) is 5.32 Å². The quantitative estimate of drug-likeness (QED) is 0.417. The van der Waals surface area contributed by atoms with E-state index in [0.717, 1.165) is 21.3 Å². The van der Waals surface area contributed by atoms with Crippen LogP contribution in [0, 0.1) is 13.8 Å². The van der Waals surface area contributed by atoms with E-state index in [1.165, 1.54) is 0 Å². The fraction of sp³-hybridized carbons (Fsp3) is 0.222. The van der Waals surface area contributed by atoms with Crippen molar-refractivity contribution in [2.45, 2.75) is 13.8 Å². The van der Waals surface area contributed by atoms with E-state index in [-0.39, 0.29) is 5.91 Å². The molecule has 5 nitrogen and oxygen atoms in total. The normalized spacial score (nSPS) is 11.2. The molecule has 0 radical (unpaired) electrons. The van der Waals surface area contributed by atoms with Gasteiger partial charge in [0, 0.05) is 22.3 Å². The van der Waals surface area contributed by atoms with E-state index < -0.39 is 0 Å². The molecule has 2 aromatic rings. The minimum absolute atomic E-state index is 0.132. The number of halogens is 1. The summed E-state index contributed by atoms with van der Waals surface area (Å²) in [6.45, 7) is 4.88. The molecule has 0 heterocycles. The van der Waals surface area contributed by atoms with Gasteiger partial charge in [-0.15, -0.1) is 0 Å². The number of benzene rings is 2. The van der Waals surface area contributed by atoms with Gasteiger partial charge in [-0.1, -0.05) is 28.1 Å². The second-order valence-corrected chi connectivity index (χ2v) is 6.45. The molecule has 2 aromatic carbocycles. The summed E-state index contributed by atoms with van der Waals surface area (Å²) in [4.78, 5) is 16.2. The summed E-state index contributed by atoms with van der Waals surface area (Å²) in [7, 11) is 0. The molecule has 4 N–H and O–H groups in total. The average Bonchev–Trinajstić information content (AvgIpc) is 2.50. The Bertz CT molecular complexity index is 738. The van der Waals surface area contributed by atoms with Crippen LogP contribution in [0.15, 0.2) is 51.9 Å². The lowest BCUT2D eigenvalue weighted by atomic mass is 10.1. The number of aryl methyl sites for hydroxylation is 2. The maximum absolute atomic E-state index is 12.0. The number of rotatable bonds is 5. The van der Waals surface area contributed by atoms with Crippen molar-refractivity contribution < 1.29 is 4.79 Å². The first-order valence-electron chi connectivity index (χ1n) is 7.63. The maximum atomic E-state index is 12.0. The zero-order valence-electron chi connectivity index (χ0n) is 13.8. The number of amides is 1. The first-order chi connectivity index (χ1) is 11.4. The second-order valence-electron chi connectivity index (χ2n) is 5.53. The molecular formula is C18H21BrN4O. The van der Waals surface area contributed by atoms with Crippen molar-refractivity contribution in [2.24, 2.45) is 10.7 Å². The second kappa shape index (κ2) is 8.49. The molecule has 0 unspecified atom stereocenters. The van der Waals surface area contributed by atoms with Gasteiger partial charge in [-0.05, 0) is 55.3 Å². The lowest BCUT2D eigenvalue weighted by Crippen LogP contribution is -2.28. The molecule has 0 bridgehead atoms. The molecule has 0 aliphatic heterocycles. The first-order valence-corrected chi connectivity index (χ1v) is 8.42. The van der Waals surface area contributed by atoms with Crippen LogP contribution in [0.5, 0.6) is 0 Å². The van der Waals surface area contributed by atoms with E-state index in [9.17, 15) is 4.79 Å². The van der Waals surface area contributed by atoms with Crippen LogP contribution in [0.2, 0.25) is 0 Å². The number of nitrogens with zero attached hydrogens (tertiary/aromatic N) is 1. The molecule has 0 spiro atoms. The van der Waals surface area contributed by atoms with Crippen LogP contribution in [0.1, 0.15) is 21.5 Å². The zero-order chi connectivity index (χ0) is 17.5. The topological polar surface area (TPSA) is 79.5 Å². The summed E-state index contributed by atoms with van der Waals surface area (Å²) in [5.74, 6) is 0.198. The van der Waals surface area contributed by atoms with Crippen molar-refractivity contribution in [3.05, 3.63) is 63.6 Å². The van der Waals surface area contributed by atoms with Gasteiger partial charge in [-0.25, -0.2) is 0 Å². The van der Waals surface area contributed by atoms with E-state index in [4.69, 9.17) is 5.73 Å². The van der Waals surface area contributed by atoms with Crippen molar-refractivity contribution in [3.8, 4) is 0 Å². The Kier molecular flexibility index (Phi) is 6.37. The van der Waals surface area contributed by atoms with Gasteiger partial charge in [-0.2, -0.15) is 0 Å². The third-order valence-electron chi connectivity index (χ3n) is 3.26. The molecule has 126 valence electrons. The summed E-state index contributed by atoms with van der Waals surface area (Å²) in [6, 6.07) is 13.3. The van der Waals surface area contributed by atoms with Gasteiger partial charge in [0.25, 0.3) is 5.91 Å². The highest BCUT2D eigenvalue weighted by Crippen LogP contribution is 2.13. The van der Waals surface area contributed by atoms with Crippen LogP contribution in [0.25, 0.3) is 0 Å². The van der Waals surface area contributed by atoms with Crippen molar-refractivity contribution in [1.29, 1.82) is 0 Å². The lowest BCUT2D eigenvalue weighted by molar-refractivity contribution is 0.0954. The van der Waals surface area contributed by atoms with Gasteiger partial charge in [0.05, 0.1) is 6.54 Å². The number of aliphatic imine (C=N–C) groups is 1. The van der Waals surface area contributed by atoms with E-state index >= 15 is 0 Å². The fourth-order valence-corrected chi connectivity index (χ4v) is 2.71. The Morgan fingerprint density at radius 3 is 2.54 bits per heavy atom. The first kappa shape index (κ1) is 18.0. The van der Waals surface area contributed by atoms with Gasteiger partial charge in [0.15, 0.2) is 5.96 Å². The molecule has 6 heteroatoms. The molecule has 0 atom stereocenters. The summed E-state index contributed by atoms with van der Waals surface area (Å²) in [5, 5.41) is 5.87. The Morgan fingerprint density at radius 1 is 1.17 bits per heavy atom. The molecule has 0 aliphatic rings. The smallest absolute Gasteiger partial charge is 0.251 e. The maximum Gasteiger partial charge on any atom is 0.251 e. The third-order valence-corrected chi connectivity index (χ3v) is 3.75. The molecule has 0 aliphatic carbocycles. The highest BCUT2D eigenvalue weighted by Gasteiger charge is 2.04. The fourth-order valence-electron chi connectivity index (χ4n) is 2.31. The van der Waals surface area contributed by atoms with E-state index in [1.807, 2.05) is 38.1 Å². The number of hydrogen-bond donors (Lipinski definition) is 3. The average molecular weight is 389 g/mol. The number of anilines is 1. The number of guanidine groups is 1. The standard InChI is InChI=1S/C18H21BrN4O/c1-12-8-13(2)10-16(9-12)23-18(20)22-7-6-21-17(24)14-4-3-5-15(19)11-14/h3-5,8-11H,6-7H2,1-2H3,(H,21,24)(H3,20,22,23). The number of hydrogen-bond acceptors (Lipinski definition) is 2. The molecule has 1 amide bonds. The van der Waals surface area contributed by atoms with Crippen LogP contribution in [-0.2, 0) is 0 Å². The summed E-state index contributed by atoms with van der Waals surface area (Å²) >= 11 is 3.35. The molecular weight excluding hydrogens is 368 g/mol. The van der Waals surface area contributed by atoms with Crippen LogP contribution >= 0.6 is 15.9 Å². The Morgan fingerprint density at radius 2 is 1.88 bits per heavy atom. The van der Waals surface area contributed by atoms with Gasteiger partial charge in [0.1, 0.15) is 0 Å². The number of carbonyl (C=O) groups is 1. The molecule has 2 rings (SSSR count). The van der Waals surface area contributed by atoms with Gasteiger partial charge in [0.2, 0.25) is 0 Å². The van der Waals surface area contributed by atoms with Crippen LogP contribution in [0.4, 0.5) is 5.69 Å². The third kappa shape index (κ3) is 5.70. The van der Waals surface area contributed by atoms with Crippen molar-refractivity contribution in [3.63, 3.8) is 0 Å².